The highest BCUT2D eigenvalue weighted by Crippen LogP contribution is 2.26. The van der Waals surface area contributed by atoms with Gasteiger partial charge in [0.1, 0.15) is 0 Å². The van der Waals surface area contributed by atoms with Gasteiger partial charge in [0.15, 0.2) is 9.84 Å². The highest BCUT2D eigenvalue weighted by Gasteiger charge is 2.39. The molecule has 0 bridgehead atoms. The minimum absolute atomic E-state index is 0.275. The lowest BCUT2D eigenvalue weighted by Crippen LogP contribution is -2.54. The predicted octanol–water partition coefficient (Wildman–Crippen LogP) is 0.847. The van der Waals surface area contributed by atoms with Crippen LogP contribution in [0.3, 0.4) is 0 Å². The summed E-state index contributed by atoms with van der Waals surface area (Å²) in [6.45, 7) is 7.31. The Balaban J connectivity index is 4.77. The first-order valence-electron chi connectivity index (χ1n) is 5.69. The minimum Gasteiger partial charge on any atom is -0.379 e. The average Bonchev–Trinajstić information content (AvgIpc) is 2.16. The van der Waals surface area contributed by atoms with Crippen molar-refractivity contribution in [1.82, 2.24) is 5.43 Å². The molecule has 0 aliphatic rings. The van der Waals surface area contributed by atoms with E-state index in [1.807, 2.05) is 13.8 Å². The molecule has 0 aromatic carbocycles. The van der Waals surface area contributed by atoms with Crippen LogP contribution in [0.5, 0.6) is 0 Å². The molecule has 0 aliphatic heterocycles. The van der Waals surface area contributed by atoms with Crippen molar-refractivity contribution >= 4 is 9.84 Å². The van der Waals surface area contributed by atoms with Gasteiger partial charge in [-0.05, 0) is 40.5 Å². The quantitative estimate of drug-likeness (QED) is 0.527. The average molecular weight is 266 g/mol. The first kappa shape index (κ1) is 16.8. The number of methoxy groups -OCH3 is 1. The molecule has 5 nitrogen and oxygen atoms in total. The molecule has 0 saturated carbocycles. The van der Waals surface area contributed by atoms with E-state index in [9.17, 15) is 8.42 Å². The Hall–Kier alpha value is -0.170. The highest BCUT2D eigenvalue weighted by atomic mass is 32.2. The lowest BCUT2D eigenvalue weighted by atomic mass is 9.93. The van der Waals surface area contributed by atoms with Gasteiger partial charge in [-0.3, -0.25) is 11.3 Å². The van der Waals surface area contributed by atoms with Crippen LogP contribution in [0.1, 0.15) is 40.5 Å². The van der Waals surface area contributed by atoms with E-state index in [4.69, 9.17) is 10.6 Å². The number of ether oxygens (including phenoxy) is 1. The van der Waals surface area contributed by atoms with Gasteiger partial charge < -0.3 is 4.74 Å². The molecular weight excluding hydrogens is 240 g/mol. The van der Waals surface area contributed by atoms with Crippen molar-refractivity contribution in [2.45, 2.75) is 56.9 Å². The number of sulfone groups is 1. The Morgan fingerprint density at radius 2 is 1.76 bits per heavy atom. The normalized spacial score (nSPS) is 15.9. The van der Waals surface area contributed by atoms with Crippen LogP contribution in [0.4, 0.5) is 0 Å². The summed E-state index contributed by atoms with van der Waals surface area (Å²) in [7, 11) is -1.53. The van der Waals surface area contributed by atoms with E-state index in [2.05, 4.69) is 5.43 Å². The Morgan fingerprint density at radius 1 is 1.29 bits per heavy atom. The van der Waals surface area contributed by atoms with Gasteiger partial charge in [0.25, 0.3) is 0 Å². The second-order valence-corrected chi connectivity index (χ2v) is 8.19. The van der Waals surface area contributed by atoms with Gasteiger partial charge in [0.2, 0.25) is 0 Å². The zero-order valence-electron chi connectivity index (χ0n) is 11.7. The molecule has 0 aromatic rings. The fourth-order valence-corrected chi connectivity index (χ4v) is 2.19. The fraction of sp³-hybridized carbons (Fsp3) is 1.00. The maximum Gasteiger partial charge on any atom is 0.154 e. The Kier molecular flexibility index (Phi) is 5.59. The SMILES string of the molecule is COC(C)(C)CCC(NN)C(C)(C)S(C)(=O)=O. The number of nitrogens with one attached hydrogen (secondary N) is 1. The van der Waals surface area contributed by atoms with Crippen molar-refractivity contribution in [3.05, 3.63) is 0 Å². The van der Waals surface area contributed by atoms with Crippen LogP contribution in [0, 0.1) is 0 Å². The standard InChI is InChI=1S/C11H26N2O3S/c1-10(2,16-5)8-7-9(13-12)11(3,4)17(6,14)15/h9,13H,7-8,12H2,1-6H3. The summed E-state index contributed by atoms with van der Waals surface area (Å²) in [6.07, 6.45) is 2.60. The molecule has 0 aliphatic carbocycles. The topological polar surface area (TPSA) is 81.4 Å². The number of hydrogen-bond donors (Lipinski definition) is 2. The van der Waals surface area contributed by atoms with Gasteiger partial charge in [0.05, 0.1) is 10.3 Å². The molecule has 104 valence electrons. The molecule has 3 N–H and O–H groups in total. The highest BCUT2D eigenvalue weighted by molar-refractivity contribution is 7.92. The predicted molar refractivity (Wildman–Crippen MR) is 70.4 cm³/mol. The molecule has 0 aromatic heterocycles. The van der Waals surface area contributed by atoms with E-state index in [-0.39, 0.29) is 11.6 Å². The van der Waals surface area contributed by atoms with Crippen molar-refractivity contribution in [1.29, 1.82) is 0 Å². The molecule has 0 fully saturated rings. The number of rotatable bonds is 7. The monoisotopic (exact) mass is 266 g/mol. The molecule has 0 spiro atoms. The molecule has 17 heavy (non-hydrogen) atoms. The summed E-state index contributed by atoms with van der Waals surface area (Å²) in [5, 5.41) is 0. The zero-order chi connectivity index (χ0) is 13.9. The van der Waals surface area contributed by atoms with Crippen LogP contribution in [0.2, 0.25) is 0 Å². The number of hydrazine groups is 1. The van der Waals surface area contributed by atoms with Gasteiger partial charge in [-0.25, -0.2) is 8.42 Å². The third kappa shape index (κ3) is 4.54. The van der Waals surface area contributed by atoms with Crippen molar-refractivity contribution in [3.63, 3.8) is 0 Å². The molecular formula is C11H26N2O3S. The van der Waals surface area contributed by atoms with Gasteiger partial charge in [-0.1, -0.05) is 0 Å². The Morgan fingerprint density at radius 3 is 2.06 bits per heavy atom. The van der Waals surface area contributed by atoms with E-state index >= 15 is 0 Å². The van der Waals surface area contributed by atoms with Crippen LogP contribution < -0.4 is 11.3 Å². The second-order valence-electron chi connectivity index (χ2n) is 5.60. The molecule has 0 amide bonds. The van der Waals surface area contributed by atoms with Crippen LogP contribution in [0.15, 0.2) is 0 Å². The summed E-state index contributed by atoms with van der Waals surface area (Å²) >= 11 is 0. The summed E-state index contributed by atoms with van der Waals surface area (Å²) in [5.74, 6) is 5.47. The maximum atomic E-state index is 11.7. The van der Waals surface area contributed by atoms with Gasteiger partial charge in [-0.2, -0.15) is 0 Å². The van der Waals surface area contributed by atoms with Gasteiger partial charge >= 0.3 is 0 Å². The van der Waals surface area contributed by atoms with E-state index in [0.717, 1.165) is 6.42 Å². The Bertz CT molecular complexity index is 337. The van der Waals surface area contributed by atoms with Gasteiger partial charge in [0, 0.05) is 19.4 Å². The first-order chi connectivity index (χ1) is 7.48. The molecule has 0 rings (SSSR count). The minimum atomic E-state index is -3.17. The zero-order valence-corrected chi connectivity index (χ0v) is 12.5. The van der Waals surface area contributed by atoms with Crippen LogP contribution in [-0.2, 0) is 14.6 Å². The maximum absolute atomic E-state index is 11.7. The molecule has 0 radical (unpaired) electrons. The van der Waals surface area contributed by atoms with Gasteiger partial charge in [-0.15, -0.1) is 0 Å². The summed E-state index contributed by atoms with van der Waals surface area (Å²) < 4.78 is 27.9. The summed E-state index contributed by atoms with van der Waals surface area (Å²) in [4.78, 5) is 0. The number of nitrogens with two attached hydrogens (primary N) is 1. The van der Waals surface area contributed by atoms with Crippen LogP contribution in [0.25, 0.3) is 0 Å². The molecule has 0 heterocycles. The summed E-state index contributed by atoms with van der Waals surface area (Å²) in [6, 6.07) is -0.299. The Labute approximate surface area is 105 Å². The molecule has 1 atom stereocenters. The van der Waals surface area contributed by atoms with E-state index in [1.54, 1.807) is 21.0 Å². The lowest BCUT2D eigenvalue weighted by Gasteiger charge is -2.34. The summed E-state index contributed by atoms with van der Waals surface area (Å²) in [5.41, 5.74) is 2.34. The van der Waals surface area contributed by atoms with E-state index in [0.29, 0.717) is 6.42 Å². The second kappa shape index (κ2) is 5.65. The number of hydrogen-bond acceptors (Lipinski definition) is 5. The van der Waals surface area contributed by atoms with Crippen molar-refractivity contribution in [3.8, 4) is 0 Å². The largest absolute Gasteiger partial charge is 0.379 e. The fourth-order valence-electron chi connectivity index (χ4n) is 1.48. The van der Waals surface area contributed by atoms with E-state index < -0.39 is 14.6 Å². The van der Waals surface area contributed by atoms with E-state index in [1.165, 1.54) is 6.26 Å². The molecule has 6 heteroatoms. The first-order valence-corrected chi connectivity index (χ1v) is 7.58. The smallest absolute Gasteiger partial charge is 0.154 e. The van der Waals surface area contributed by atoms with Crippen molar-refractivity contribution in [2.75, 3.05) is 13.4 Å². The lowest BCUT2D eigenvalue weighted by molar-refractivity contribution is 0.0109. The third-order valence-electron chi connectivity index (χ3n) is 3.58. The van der Waals surface area contributed by atoms with Crippen molar-refractivity contribution in [2.24, 2.45) is 5.84 Å². The molecule has 1 unspecified atom stereocenters. The molecule has 0 saturated heterocycles. The van der Waals surface area contributed by atoms with Crippen LogP contribution in [-0.4, -0.2) is 38.2 Å². The third-order valence-corrected chi connectivity index (χ3v) is 5.78. The van der Waals surface area contributed by atoms with Crippen molar-refractivity contribution < 1.29 is 13.2 Å². The van der Waals surface area contributed by atoms with Crippen LogP contribution >= 0.6 is 0 Å².